The maximum absolute atomic E-state index is 6.51. The molecule has 12 rings (SSSR count). The molecule has 0 radical (unpaired) electrons. The van der Waals surface area contributed by atoms with Gasteiger partial charge in [0.15, 0.2) is 17.5 Å². The summed E-state index contributed by atoms with van der Waals surface area (Å²) in [7, 11) is 0. The van der Waals surface area contributed by atoms with Gasteiger partial charge < -0.3 is 13.6 Å². The van der Waals surface area contributed by atoms with E-state index in [9.17, 15) is 0 Å². The van der Waals surface area contributed by atoms with Gasteiger partial charge in [-0.25, -0.2) is 15.0 Å². The van der Waals surface area contributed by atoms with Crippen LogP contribution in [-0.4, -0.2) is 24.1 Å². The van der Waals surface area contributed by atoms with Gasteiger partial charge in [-0.2, -0.15) is 0 Å². The summed E-state index contributed by atoms with van der Waals surface area (Å²) in [6.45, 7) is 0. The first kappa shape index (κ1) is 31.5. The van der Waals surface area contributed by atoms with Crippen LogP contribution >= 0.6 is 0 Å². The zero-order chi connectivity index (χ0) is 37.5. The molecule has 0 aliphatic rings. The molecule has 4 heterocycles. The van der Waals surface area contributed by atoms with Gasteiger partial charge in [0.25, 0.3) is 0 Å². The van der Waals surface area contributed by atoms with Crippen LogP contribution in [0.2, 0.25) is 0 Å². The van der Waals surface area contributed by atoms with E-state index in [0.29, 0.717) is 17.5 Å². The van der Waals surface area contributed by atoms with Gasteiger partial charge in [-0.05, 0) is 66.7 Å². The Morgan fingerprint density at radius 1 is 0.316 bits per heavy atom. The van der Waals surface area contributed by atoms with Crippen molar-refractivity contribution in [1.29, 1.82) is 0 Å². The Morgan fingerprint density at radius 2 is 0.825 bits per heavy atom. The van der Waals surface area contributed by atoms with Gasteiger partial charge in [-0.3, -0.25) is 0 Å². The zero-order valence-electron chi connectivity index (χ0n) is 30.5. The Morgan fingerprint density at radius 3 is 1.51 bits per heavy atom. The second-order valence-electron chi connectivity index (χ2n) is 14.4. The molecule has 0 aliphatic carbocycles. The molecule has 57 heavy (non-hydrogen) atoms. The Labute approximate surface area is 326 Å². The van der Waals surface area contributed by atoms with Crippen LogP contribution in [0.15, 0.2) is 192 Å². The molecule has 0 amide bonds. The molecule has 0 bridgehead atoms. The molecule has 6 nitrogen and oxygen atoms in total. The maximum Gasteiger partial charge on any atom is 0.164 e. The van der Waals surface area contributed by atoms with Crippen molar-refractivity contribution in [3.8, 4) is 45.5 Å². The van der Waals surface area contributed by atoms with Gasteiger partial charge in [-0.15, -0.1) is 0 Å². The van der Waals surface area contributed by atoms with Crippen molar-refractivity contribution < 1.29 is 4.42 Å². The highest BCUT2D eigenvalue weighted by Gasteiger charge is 2.24. The molecule has 6 heteroatoms. The summed E-state index contributed by atoms with van der Waals surface area (Å²) in [6.07, 6.45) is 0. The predicted molar refractivity (Wildman–Crippen MR) is 232 cm³/mol. The van der Waals surface area contributed by atoms with E-state index in [1.165, 1.54) is 27.2 Å². The fourth-order valence-electron chi connectivity index (χ4n) is 8.66. The SMILES string of the molecule is c1ccc(-c2nc(-c3ccccc3)nc(-c3ccc(-n4c5ccc6c7ccccc7n(-c7ccccc7)c6c5c5ccc6oc7ccccc7c6c54)cc3)n2)cc1. The van der Waals surface area contributed by atoms with E-state index >= 15 is 0 Å². The van der Waals surface area contributed by atoms with Crippen molar-refractivity contribution in [1.82, 2.24) is 24.1 Å². The van der Waals surface area contributed by atoms with Crippen LogP contribution in [0.1, 0.15) is 0 Å². The lowest BCUT2D eigenvalue weighted by molar-refractivity contribution is 0.669. The van der Waals surface area contributed by atoms with Crippen LogP contribution in [0.5, 0.6) is 0 Å². The average Bonchev–Trinajstić information content (AvgIpc) is 3.95. The number of fused-ring (bicyclic) bond motifs is 11. The average molecular weight is 730 g/mol. The van der Waals surface area contributed by atoms with Crippen LogP contribution in [0, 0.1) is 0 Å². The van der Waals surface area contributed by atoms with Crippen LogP contribution in [0.4, 0.5) is 0 Å². The standard InChI is InChI=1S/C51H31N5O/c1-4-14-32(15-5-1)49-52-50(33-16-6-2-7-17-33)54-51(53-49)34-24-26-36(27-25-34)56-42-30-28-38-37-20-10-12-22-41(37)55(35-18-8-3-9-19-35)47(38)45(42)40-29-31-44-46(48(40)56)39-21-11-13-23-43(39)57-44/h1-31H. The lowest BCUT2D eigenvalue weighted by Crippen LogP contribution is -2.00. The van der Waals surface area contributed by atoms with Crippen LogP contribution in [0.3, 0.4) is 0 Å². The van der Waals surface area contributed by atoms with Crippen molar-refractivity contribution in [2.45, 2.75) is 0 Å². The van der Waals surface area contributed by atoms with Crippen molar-refractivity contribution in [2.24, 2.45) is 0 Å². The normalized spacial score (nSPS) is 11.9. The number of nitrogens with zero attached hydrogens (tertiary/aromatic N) is 5. The van der Waals surface area contributed by atoms with Crippen molar-refractivity contribution in [3.63, 3.8) is 0 Å². The van der Waals surface area contributed by atoms with Gasteiger partial charge >= 0.3 is 0 Å². The first-order valence-corrected chi connectivity index (χ1v) is 19.1. The lowest BCUT2D eigenvalue weighted by Gasteiger charge is -2.11. The molecule has 0 unspecified atom stereocenters. The molecule has 4 aromatic heterocycles. The molecule has 12 aromatic rings. The van der Waals surface area contributed by atoms with E-state index in [4.69, 9.17) is 19.4 Å². The van der Waals surface area contributed by atoms with Crippen molar-refractivity contribution in [3.05, 3.63) is 188 Å². The highest BCUT2D eigenvalue weighted by Crippen LogP contribution is 2.45. The van der Waals surface area contributed by atoms with Crippen molar-refractivity contribution in [2.75, 3.05) is 0 Å². The lowest BCUT2D eigenvalue weighted by atomic mass is 10.1. The van der Waals surface area contributed by atoms with E-state index in [-0.39, 0.29) is 0 Å². The summed E-state index contributed by atoms with van der Waals surface area (Å²) in [4.78, 5) is 14.9. The molecule has 0 N–H and O–H groups in total. The minimum absolute atomic E-state index is 0.619. The second-order valence-corrected chi connectivity index (χ2v) is 14.4. The number of rotatable bonds is 5. The molecule has 0 saturated heterocycles. The summed E-state index contributed by atoms with van der Waals surface area (Å²) in [5, 5.41) is 6.97. The molecule has 0 aliphatic heterocycles. The number of benzene rings is 8. The van der Waals surface area contributed by atoms with Gasteiger partial charge in [0.1, 0.15) is 11.2 Å². The number of furan rings is 1. The Kier molecular flexibility index (Phi) is 6.83. The first-order chi connectivity index (χ1) is 28.3. The number of hydrogen-bond acceptors (Lipinski definition) is 4. The van der Waals surface area contributed by atoms with Crippen LogP contribution < -0.4 is 0 Å². The third kappa shape index (κ3) is 4.81. The Balaban J connectivity index is 1.14. The Bertz CT molecular complexity index is 3430. The molecular weight excluding hydrogens is 699 g/mol. The molecule has 266 valence electrons. The van der Waals surface area contributed by atoms with Crippen molar-refractivity contribution >= 4 is 65.6 Å². The van der Waals surface area contributed by atoms with Gasteiger partial charge in [-0.1, -0.05) is 121 Å². The minimum atomic E-state index is 0.619. The molecule has 8 aromatic carbocycles. The Hall–Kier alpha value is -7.83. The van der Waals surface area contributed by atoms with E-state index < -0.39 is 0 Å². The van der Waals surface area contributed by atoms with Crippen LogP contribution in [-0.2, 0) is 0 Å². The second kappa shape index (κ2) is 12.3. The fraction of sp³-hybridized carbons (Fsp3) is 0. The van der Waals surface area contributed by atoms with Crippen LogP contribution in [0.25, 0.3) is 111 Å². The number of hydrogen-bond donors (Lipinski definition) is 0. The van der Waals surface area contributed by atoms with E-state index in [1.54, 1.807) is 0 Å². The fourth-order valence-corrected chi connectivity index (χ4v) is 8.66. The minimum Gasteiger partial charge on any atom is -0.456 e. The zero-order valence-corrected chi connectivity index (χ0v) is 30.5. The summed E-state index contributed by atoms with van der Waals surface area (Å²) >= 11 is 0. The molecule has 0 atom stereocenters. The van der Waals surface area contributed by atoms with Gasteiger partial charge in [0.05, 0.1) is 27.5 Å². The maximum atomic E-state index is 6.51. The number of para-hydroxylation sites is 3. The predicted octanol–water partition coefficient (Wildman–Crippen LogP) is 13.0. The topological polar surface area (TPSA) is 61.7 Å². The quantitative estimate of drug-likeness (QED) is 0.177. The van der Waals surface area contributed by atoms with Gasteiger partial charge in [0.2, 0.25) is 0 Å². The molecule has 0 spiro atoms. The summed E-state index contributed by atoms with van der Waals surface area (Å²) in [5.74, 6) is 1.89. The molecular formula is C51H31N5O. The third-order valence-corrected chi connectivity index (χ3v) is 11.2. The van der Waals surface area contributed by atoms with E-state index in [2.05, 4.69) is 130 Å². The molecule has 0 saturated carbocycles. The smallest absolute Gasteiger partial charge is 0.164 e. The third-order valence-electron chi connectivity index (χ3n) is 11.2. The summed E-state index contributed by atoms with van der Waals surface area (Å²) in [5.41, 5.74) is 11.2. The highest BCUT2D eigenvalue weighted by atomic mass is 16.3. The summed E-state index contributed by atoms with van der Waals surface area (Å²) < 4.78 is 11.3. The largest absolute Gasteiger partial charge is 0.456 e. The summed E-state index contributed by atoms with van der Waals surface area (Å²) in [6, 6.07) is 65.5. The highest BCUT2D eigenvalue weighted by molar-refractivity contribution is 6.31. The monoisotopic (exact) mass is 729 g/mol. The first-order valence-electron chi connectivity index (χ1n) is 19.1. The van der Waals surface area contributed by atoms with E-state index in [1.807, 2.05) is 66.7 Å². The number of aromatic nitrogens is 5. The van der Waals surface area contributed by atoms with E-state index in [0.717, 1.165) is 66.4 Å². The molecule has 0 fully saturated rings. The van der Waals surface area contributed by atoms with Gasteiger partial charge in [0, 0.05) is 55.0 Å².